The summed E-state index contributed by atoms with van der Waals surface area (Å²) in [5.74, 6) is 0.393. The van der Waals surface area contributed by atoms with Crippen molar-refractivity contribution in [2.45, 2.75) is 52.1 Å². The Kier molecular flexibility index (Phi) is 4.39. The van der Waals surface area contributed by atoms with Crippen LogP contribution in [0.4, 0.5) is 0 Å². The maximum atomic E-state index is 10.4. The lowest BCUT2D eigenvalue weighted by molar-refractivity contribution is -0.0180. The standard InChI is InChI=1S/C12H25NO/c1-4-8-13-9-5-6-12(14,7-10-13)11(2)3/h11,14H,4-10H2,1-3H3. The van der Waals surface area contributed by atoms with Crippen LogP contribution in [0.1, 0.15) is 46.5 Å². The van der Waals surface area contributed by atoms with Gasteiger partial charge in [-0.05, 0) is 44.7 Å². The van der Waals surface area contributed by atoms with E-state index in [1.807, 2.05) is 0 Å². The van der Waals surface area contributed by atoms with Gasteiger partial charge in [0.1, 0.15) is 0 Å². The van der Waals surface area contributed by atoms with Crippen LogP contribution in [0.2, 0.25) is 0 Å². The van der Waals surface area contributed by atoms with Gasteiger partial charge in [-0.2, -0.15) is 0 Å². The number of aliphatic hydroxyl groups is 1. The predicted octanol–water partition coefficient (Wildman–Crippen LogP) is 2.27. The maximum absolute atomic E-state index is 10.4. The molecule has 1 fully saturated rings. The number of nitrogens with zero attached hydrogens (tertiary/aromatic N) is 1. The van der Waals surface area contributed by atoms with E-state index in [1.165, 1.54) is 19.5 Å². The molecule has 0 aromatic carbocycles. The average molecular weight is 199 g/mol. The molecule has 1 aliphatic rings. The lowest BCUT2D eigenvalue weighted by Gasteiger charge is -2.31. The fourth-order valence-electron chi connectivity index (χ4n) is 2.31. The van der Waals surface area contributed by atoms with Gasteiger partial charge in [0.15, 0.2) is 0 Å². The summed E-state index contributed by atoms with van der Waals surface area (Å²) in [6.07, 6.45) is 4.30. The molecule has 14 heavy (non-hydrogen) atoms. The van der Waals surface area contributed by atoms with Crippen molar-refractivity contribution in [3.8, 4) is 0 Å². The van der Waals surface area contributed by atoms with Gasteiger partial charge in [-0.15, -0.1) is 0 Å². The van der Waals surface area contributed by atoms with Crippen molar-refractivity contribution in [3.63, 3.8) is 0 Å². The maximum Gasteiger partial charge on any atom is 0.0683 e. The molecule has 0 aliphatic carbocycles. The van der Waals surface area contributed by atoms with Crippen LogP contribution in [0, 0.1) is 5.92 Å². The van der Waals surface area contributed by atoms with E-state index in [0.29, 0.717) is 5.92 Å². The summed E-state index contributed by atoms with van der Waals surface area (Å²) < 4.78 is 0. The molecule has 1 N–H and O–H groups in total. The first kappa shape index (κ1) is 12.0. The van der Waals surface area contributed by atoms with Crippen molar-refractivity contribution in [2.24, 2.45) is 5.92 Å². The van der Waals surface area contributed by atoms with Gasteiger partial charge in [0.05, 0.1) is 5.60 Å². The molecular weight excluding hydrogens is 174 g/mol. The zero-order chi connectivity index (χ0) is 10.6. The molecule has 0 radical (unpaired) electrons. The lowest BCUT2D eigenvalue weighted by Crippen LogP contribution is -2.36. The summed E-state index contributed by atoms with van der Waals surface area (Å²) in [6, 6.07) is 0. The number of likely N-dealkylation sites (tertiary alicyclic amines) is 1. The van der Waals surface area contributed by atoms with Crippen LogP contribution in [-0.2, 0) is 0 Å². The van der Waals surface area contributed by atoms with Crippen molar-refractivity contribution in [2.75, 3.05) is 19.6 Å². The van der Waals surface area contributed by atoms with Gasteiger partial charge in [0.2, 0.25) is 0 Å². The van der Waals surface area contributed by atoms with Crippen LogP contribution >= 0.6 is 0 Å². The molecule has 2 nitrogen and oxygen atoms in total. The van der Waals surface area contributed by atoms with Gasteiger partial charge in [-0.1, -0.05) is 20.8 Å². The highest BCUT2D eigenvalue weighted by atomic mass is 16.3. The Labute approximate surface area is 88.3 Å². The third-order valence-corrected chi connectivity index (χ3v) is 3.56. The zero-order valence-electron chi connectivity index (χ0n) is 9.92. The molecule has 1 aliphatic heterocycles. The summed E-state index contributed by atoms with van der Waals surface area (Å²) in [5, 5.41) is 10.4. The first-order valence-electron chi connectivity index (χ1n) is 6.03. The smallest absolute Gasteiger partial charge is 0.0683 e. The molecule has 0 bridgehead atoms. The second-order valence-corrected chi connectivity index (χ2v) is 4.95. The fourth-order valence-corrected chi connectivity index (χ4v) is 2.31. The van der Waals surface area contributed by atoms with Gasteiger partial charge < -0.3 is 10.0 Å². The summed E-state index contributed by atoms with van der Waals surface area (Å²) in [4.78, 5) is 2.49. The van der Waals surface area contributed by atoms with Crippen molar-refractivity contribution < 1.29 is 5.11 Å². The molecule has 1 heterocycles. The highest BCUT2D eigenvalue weighted by Gasteiger charge is 2.32. The van der Waals surface area contributed by atoms with Crippen LogP contribution in [0.3, 0.4) is 0 Å². The monoisotopic (exact) mass is 199 g/mol. The van der Waals surface area contributed by atoms with Gasteiger partial charge in [0.25, 0.3) is 0 Å². The molecule has 1 saturated heterocycles. The largest absolute Gasteiger partial charge is 0.390 e. The van der Waals surface area contributed by atoms with Crippen LogP contribution in [0.5, 0.6) is 0 Å². The topological polar surface area (TPSA) is 23.5 Å². The molecular formula is C12H25NO. The number of hydrogen-bond donors (Lipinski definition) is 1. The Hall–Kier alpha value is -0.0800. The van der Waals surface area contributed by atoms with Crippen molar-refractivity contribution in [1.82, 2.24) is 4.90 Å². The Bertz CT molecular complexity index is 170. The summed E-state index contributed by atoms with van der Waals surface area (Å²) in [5.41, 5.74) is -0.400. The first-order chi connectivity index (χ1) is 6.58. The second kappa shape index (κ2) is 5.13. The van der Waals surface area contributed by atoms with E-state index in [0.717, 1.165) is 25.8 Å². The molecule has 0 amide bonds. The molecule has 84 valence electrons. The third-order valence-electron chi connectivity index (χ3n) is 3.56. The average Bonchev–Trinajstić information content (AvgIpc) is 2.30. The number of rotatable bonds is 3. The summed E-state index contributed by atoms with van der Waals surface area (Å²) >= 11 is 0. The highest BCUT2D eigenvalue weighted by Crippen LogP contribution is 2.29. The van der Waals surface area contributed by atoms with Crippen molar-refractivity contribution >= 4 is 0 Å². The molecule has 1 atom stereocenters. The molecule has 0 saturated carbocycles. The van der Waals surface area contributed by atoms with E-state index < -0.39 is 5.60 Å². The SMILES string of the molecule is CCCN1CCCC(O)(C(C)C)CC1. The van der Waals surface area contributed by atoms with E-state index in [2.05, 4.69) is 25.7 Å². The van der Waals surface area contributed by atoms with E-state index in [1.54, 1.807) is 0 Å². The zero-order valence-corrected chi connectivity index (χ0v) is 9.92. The van der Waals surface area contributed by atoms with Crippen molar-refractivity contribution in [3.05, 3.63) is 0 Å². The van der Waals surface area contributed by atoms with Crippen LogP contribution < -0.4 is 0 Å². The van der Waals surface area contributed by atoms with Crippen molar-refractivity contribution in [1.29, 1.82) is 0 Å². The minimum absolute atomic E-state index is 0.393. The van der Waals surface area contributed by atoms with Crippen LogP contribution in [0.15, 0.2) is 0 Å². The van der Waals surface area contributed by atoms with E-state index in [-0.39, 0.29) is 0 Å². The minimum Gasteiger partial charge on any atom is -0.390 e. The quantitative estimate of drug-likeness (QED) is 0.753. The molecule has 0 aromatic heterocycles. The Balaban J connectivity index is 2.47. The van der Waals surface area contributed by atoms with Gasteiger partial charge in [-0.3, -0.25) is 0 Å². The molecule has 0 spiro atoms. The highest BCUT2D eigenvalue weighted by molar-refractivity contribution is 4.85. The number of hydrogen-bond acceptors (Lipinski definition) is 2. The van der Waals surface area contributed by atoms with E-state index in [9.17, 15) is 5.11 Å². The molecule has 0 aromatic rings. The third kappa shape index (κ3) is 2.96. The summed E-state index contributed by atoms with van der Waals surface area (Å²) in [6.45, 7) is 9.92. The normalized spacial score (nSPS) is 30.6. The van der Waals surface area contributed by atoms with Crippen LogP contribution in [0.25, 0.3) is 0 Å². The minimum atomic E-state index is -0.400. The van der Waals surface area contributed by atoms with E-state index in [4.69, 9.17) is 0 Å². The summed E-state index contributed by atoms with van der Waals surface area (Å²) in [7, 11) is 0. The van der Waals surface area contributed by atoms with Gasteiger partial charge >= 0.3 is 0 Å². The van der Waals surface area contributed by atoms with Crippen LogP contribution in [-0.4, -0.2) is 35.2 Å². The molecule has 1 unspecified atom stereocenters. The lowest BCUT2D eigenvalue weighted by atomic mass is 9.84. The van der Waals surface area contributed by atoms with Gasteiger partial charge in [-0.25, -0.2) is 0 Å². The molecule has 1 rings (SSSR count). The fraction of sp³-hybridized carbons (Fsp3) is 1.00. The first-order valence-corrected chi connectivity index (χ1v) is 6.03. The van der Waals surface area contributed by atoms with Gasteiger partial charge in [0, 0.05) is 6.54 Å². The Morgan fingerprint density at radius 3 is 2.57 bits per heavy atom. The Morgan fingerprint density at radius 2 is 2.00 bits per heavy atom. The Morgan fingerprint density at radius 1 is 1.29 bits per heavy atom. The second-order valence-electron chi connectivity index (χ2n) is 4.95. The molecule has 2 heteroatoms. The predicted molar refractivity (Wildman–Crippen MR) is 60.4 cm³/mol. The van der Waals surface area contributed by atoms with E-state index >= 15 is 0 Å².